The van der Waals surface area contributed by atoms with Crippen LogP contribution in [0.15, 0.2) is 61.2 Å². The molecule has 6 nitrogen and oxygen atoms in total. The molecule has 4 rings (SSSR count). The second kappa shape index (κ2) is 17.1. The monoisotopic (exact) mass is 680 g/mol. The Hall–Kier alpha value is -2.75. The van der Waals surface area contributed by atoms with Crippen LogP contribution in [0.3, 0.4) is 0 Å². The van der Waals surface area contributed by atoms with Gasteiger partial charge in [-0.3, -0.25) is 9.97 Å². The van der Waals surface area contributed by atoms with E-state index in [1.54, 1.807) is 0 Å². The first-order valence-electron chi connectivity index (χ1n) is 16.5. The third-order valence-electron chi connectivity index (χ3n) is 7.24. The number of rotatable bonds is 0. The van der Waals surface area contributed by atoms with Crippen molar-refractivity contribution in [1.82, 2.24) is 30.4 Å². The molecule has 260 valence electrons. The smallest absolute Gasteiger partial charge is 0.578 e. The maximum atomic E-state index is 4.20. The predicted molar refractivity (Wildman–Crippen MR) is 196 cm³/mol. The second-order valence-corrected chi connectivity index (χ2v) is 18.2. The molecule has 0 atom stereocenters. The van der Waals surface area contributed by atoms with Gasteiger partial charge in [-0.1, -0.05) is 137 Å². The molecule has 47 heavy (non-hydrogen) atoms. The Morgan fingerprint density at radius 3 is 0.766 bits per heavy atom. The SMILES string of the molecule is CC(C)(C)c1cc(C(C)(C)C)[n-]n1.CC(C)(C)c1cc(C(C)(C)C)[n-]n1.CC(C)(C)c1ccncc1.CC(C)(C)c1ccncc1.[Cr+2]. The molecule has 4 aromatic rings. The Bertz CT molecular complexity index is 1240. The van der Waals surface area contributed by atoms with Crippen LogP contribution in [0.5, 0.6) is 0 Å². The summed E-state index contributed by atoms with van der Waals surface area (Å²) in [7, 11) is 0. The maximum absolute atomic E-state index is 4.20. The van der Waals surface area contributed by atoms with Crippen molar-refractivity contribution < 1.29 is 17.4 Å². The van der Waals surface area contributed by atoms with Gasteiger partial charge < -0.3 is 20.4 Å². The van der Waals surface area contributed by atoms with Crippen LogP contribution in [0, 0.1) is 0 Å². The normalized spacial score (nSPS) is 12.3. The van der Waals surface area contributed by atoms with Gasteiger partial charge in [0, 0.05) is 47.0 Å². The summed E-state index contributed by atoms with van der Waals surface area (Å²) in [6, 6.07) is 12.4. The Morgan fingerprint density at radius 2 is 0.638 bits per heavy atom. The zero-order valence-corrected chi connectivity index (χ0v) is 34.1. The summed E-state index contributed by atoms with van der Waals surface area (Å²) in [6.45, 7) is 39.1. The van der Waals surface area contributed by atoms with Crippen LogP contribution >= 0.6 is 0 Å². The maximum Gasteiger partial charge on any atom is 2.00 e. The van der Waals surface area contributed by atoms with Gasteiger partial charge in [-0.2, -0.15) is 0 Å². The molecule has 0 aliphatic rings. The van der Waals surface area contributed by atoms with E-state index in [4.69, 9.17) is 0 Å². The van der Waals surface area contributed by atoms with Gasteiger partial charge in [0.2, 0.25) is 0 Å². The summed E-state index contributed by atoms with van der Waals surface area (Å²) in [6.07, 6.45) is 7.34. The van der Waals surface area contributed by atoms with Crippen molar-refractivity contribution in [2.75, 3.05) is 0 Å². The van der Waals surface area contributed by atoms with E-state index >= 15 is 0 Å². The van der Waals surface area contributed by atoms with Crippen molar-refractivity contribution >= 4 is 0 Å². The molecule has 0 bridgehead atoms. The van der Waals surface area contributed by atoms with Gasteiger partial charge in [0.25, 0.3) is 0 Å². The summed E-state index contributed by atoms with van der Waals surface area (Å²) in [5, 5.41) is 16.8. The van der Waals surface area contributed by atoms with Gasteiger partial charge in [-0.05, 0) is 57.1 Å². The van der Waals surface area contributed by atoms with Crippen LogP contribution in [0.2, 0.25) is 0 Å². The van der Waals surface area contributed by atoms with E-state index in [-0.39, 0.29) is 49.9 Å². The molecule has 4 heterocycles. The van der Waals surface area contributed by atoms with Crippen LogP contribution < -0.4 is 10.2 Å². The predicted octanol–water partition coefficient (Wildman–Crippen LogP) is 10.0. The topological polar surface area (TPSA) is 79.8 Å². The van der Waals surface area contributed by atoms with E-state index in [9.17, 15) is 0 Å². The van der Waals surface area contributed by atoms with Gasteiger partial charge in [-0.25, -0.2) is 0 Å². The summed E-state index contributed by atoms with van der Waals surface area (Å²) in [5.41, 5.74) is 7.93. The first-order valence-corrected chi connectivity index (χ1v) is 16.5. The molecule has 0 N–H and O–H groups in total. The van der Waals surface area contributed by atoms with Crippen molar-refractivity contribution in [3.05, 3.63) is 95.1 Å². The molecule has 0 saturated carbocycles. The summed E-state index contributed by atoms with van der Waals surface area (Å²) >= 11 is 0. The van der Waals surface area contributed by atoms with Crippen molar-refractivity contribution in [1.29, 1.82) is 0 Å². The molecule has 0 spiro atoms. The van der Waals surface area contributed by atoms with Crippen molar-refractivity contribution in [2.45, 2.75) is 157 Å². The molecule has 0 aliphatic heterocycles. The van der Waals surface area contributed by atoms with Crippen molar-refractivity contribution in [3.8, 4) is 0 Å². The standard InChI is InChI=1S/2C11H19N2.2C9H13N.Cr/c2*1-10(2,3)8-7-9(13-12-8)11(4,5)6;2*1-9(2,3)8-4-6-10-7-5-8;/h2*7H,1-6H3;2*4-7H,1-3H3;/q2*-1;;;+2. The third kappa shape index (κ3) is 16.3. The molecule has 4 aromatic heterocycles. The Morgan fingerprint density at radius 1 is 0.383 bits per heavy atom. The minimum atomic E-state index is 0. The van der Waals surface area contributed by atoms with Crippen molar-refractivity contribution in [3.63, 3.8) is 0 Å². The first-order chi connectivity index (χ1) is 20.6. The van der Waals surface area contributed by atoms with E-state index in [0.29, 0.717) is 0 Å². The fourth-order valence-corrected chi connectivity index (χ4v) is 3.76. The summed E-state index contributed by atoms with van der Waals surface area (Å²) in [5.74, 6) is 0. The largest absolute Gasteiger partial charge is 2.00 e. The zero-order chi connectivity index (χ0) is 35.8. The number of hydrogen-bond donors (Lipinski definition) is 0. The molecule has 0 aromatic carbocycles. The molecular weight excluding hydrogens is 616 g/mol. The number of pyridine rings is 2. The summed E-state index contributed by atoms with van der Waals surface area (Å²) in [4.78, 5) is 7.92. The molecule has 0 unspecified atom stereocenters. The van der Waals surface area contributed by atoms with Crippen LogP contribution in [0.1, 0.15) is 159 Å². The van der Waals surface area contributed by atoms with Gasteiger partial charge in [0.15, 0.2) is 0 Å². The Labute approximate surface area is 298 Å². The minimum absolute atomic E-state index is 0. The van der Waals surface area contributed by atoms with Gasteiger partial charge >= 0.3 is 17.4 Å². The van der Waals surface area contributed by atoms with Crippen molar-refractivity contribution in [2.24, 2.45) is 0 Å². The molecule has 0 radical (unpaired) electrons. The molecule has 0 amide bonds. The average Bonchev–Trinajstić information content (AvgIpc) is 3.61. The van der Waals surface area contributed by atoms with E-state index in [2.05, 4.69) is 191 Å². The molecule has 0 fully saturated rings. The minimum Gasteiger partial charge on any atom is -0.578 e. The zero-order valence-electron chi connectivity index (χ0n) is 32.9. The van der Waals surface area contributed by atoms with Crippen LogP contribution in [0.25, 0.3) is 0 Å². The van der Waals surface area contributed by atoms with Crippen LogP contribution in [-0.2, 0) is 49.9 Å². The fraction of sp³-hybridized carbons (Fsp3) is 0.600. The van der Waals surface area contributed by atoms with Crippen LogP contribution in [-0.4, -0.2) is 20.2 Å². The Balaban J connectivity index is 0.000000600. The summed E-state index contributed by atoms with van der Waals surface area (Å²) < 4.78 is 0. The number of nitrogens with zero attached hydrogens (tertiary/aromatic N) is 6. The second-order valence-electron chi connectivity index (χ2n) is 18.2. The van der Waals surface area contributed by atoms with E-state index in [0.717, 1.165) is 22.8 Å². The average molecular weight is 681 g/mol. The first kappa shape index (κ1) is 44.3. The Kier molecular flexibility index (Phi) is 16.1. The third-order valence-corrected chi connectivity index (χ3v) is 7.24. The van der Waals surface area contributed by atoms with E-state index in [1.165, 1.54) is 11.1 Å². The fourth-order valence-electron chi connectivity index (χ4n) is 3.76. The molecular formula is C40H64CrN6. The molecule has 7 heteroatoms. The van der Waals surface area contributed by atoms with Crippen LogP contribution in [0.4, 0.5) is 0 Å². The van der Waals surface area contributed by atoms with Gasteiger partial charge in [0.1, 0.15) is 0 Å². The molecule has 0 saturated heterocycles. The van der Waals surface area contributed by atoms with Gasteiger partial charge in [-0.15, -0.1) is 11.4 Å². The molecule has 0 aliphatic carbocycles. The number of aromatic nitrogens is 6. The van der Waals surface area contributed by atoms with E-state index < -0.39 is 0 Å². The van der Waals surface area contributed by atoms with E-state index in [1.807, 2.05) is 24.8 Å². The quantitative estimate of drug-likeness (QED) is 0.184. The van der Waals surface area contributed by atoms with Gasteiger partial charge in [0.05, 0.1) is 0 Å². The number of hydrogen-bond acceptors (Lipinski definition) is 4.